The first kappa shape index (κ1) is 12.9. The van der Waals surface area contributed by atoms with Gasteiger partial charge in [0.05, 0.1) is 0 Å². The normalized spacial score (nSPS) is 24.1. The second-order valence-corrected chi connectivity index (χ2v) is 5.63. The summed E-state index contributed by atoms with van der Waals surface area (Å²) in [6, 6.07) is 9.75. The van der Waals surface area contributed by atoms with Gasteiger partial charge in [-0.25, -0.2) is 0 Å². The average Bonchev–Trinajstić information content (AvgIpc) is 2.76. The third kappa shape index (κ3) is 3.73. The summed E-state index contributed by atoms with van der Waals surface area (Å²) < 4.78 is 0. The summed E-state index contributed by atoms with van der Waals surface area (Å²) in [7, 11) is 0. The molecule has 0 saturated heterocycles. The number of thioether (sulfide) groups is 1. The lowest BCUT2D eigenvalue weighted by atomic mass is 10.1. The molecule has 2 rings (SSSR count). The Morgan fingerprint density at radius 1 is 1.29 bits per heavy atom. The Morgan fingerprint density at radius 2 is 2.06 bits per heavy atom. The second-order valence-electron chi connectivity index (χ2n) is 4.75. The minimum Gasteiger partial charge on any atom is -0.326 e. The third-order valence-electron chi connectivity index (χ3n) is 3.55. The Balaban J connectivity index is 1.73. The van der Waals surface area contributed by atoms with Crippen molar-refractivity contribution in [2.75, 3.05) is 12.8 Å². The number of rotatable bonds is 5. The fourth-order valence-corrected chi connectivity index (χ4v) is 2.84. The first-order valence-electron chi connectivity index (χ1n) is 6.41. The van der Waals surface area contributed by atoms with Gasteiger partial charge in [-0.2, -0.15) is 0 Å². The molecule has 94 valence electrons. The predicted octanol–water partition coefficient (Wildman–Crippen LogP) is 2.42. The zero-order valence-electron chi connectivity index (χ0n) is 10.5. The lowest BCUT2D eigenvalue weighted by Crippen LogP contribution is -2.41. The lowest BCUT2D eigenvalue weighted by molar-refractivity contribution is 0.479. The van der Waals surface area contributed by atoms with Crippen LogP contribution in [0.2, 0.25) is 0 Å². The fraction of sp³-hybridized carbons (Fsp3) is 0.571. The number of hydrogen-bond donors (Lipinski definition) is 2. The Bertz CT molecular complexity index is 337. The van der Waals surface area contributed by atoms with Crippen LogP contribution in [0.15, 0.2) is 29.2 Å². The minimum atomic E-state index is 0.369. The quantitative estimate of drug-likeness (QED) is 0.788. The van der Waals surface area contributed by atoms with Gasteiger partial charge in [-0.1, -0.05) is 18.6 Å². The molecule has 1 aromatic carbocycles. The van der Waals surface area contributed by atoms with Crippen molar-refractivity contribution in [1.82, 2.24) is 5.32 Å². The predicted molar refractivity (Wildman–Crippen MR) is 75.5 cm³/mol. The van der Waals surface area contributed by atoms with Gasteiger partial charge in [0.2, 0.25) is 0 Å². The van der Waals surface area contributed by atoms with Crippen LogP contribution in [0.5, 0.6) is 0 Å². The molecule has 0 amide bonds. The van der Waals surface area contributed by atoms with Gasteiger partial charge in [0.25, 0.3) is 0 Å². The maximum Gasteiger partial charge on any atom is 0.0219 e. The van der Waals surface area contributed by atoms with Gasteiger partial charge in [-0.05, 0) is 49.8 Å². The number of nitrogens with two attached hydrogens (primary N) is 1. The number of benzene rings is 1. The van der Waals surface area contributed by atoms with Crippen molar-refractivity contribution in [2.45, 2.75) is 42.7 Å². The molecule has 1 aromatic rings. The summed E-state index contributed by atoms with van der Waals surface area (Å²) in [5.41, 5.74) is 7.44. The highest BCUT2D eigenvalue weighted by Gasteiger charge is 2.22. The van der Waals surface area contributed by atoms with Crippen LogP contribution in [0.3, 0.4) is 0 Å². The summed E-state index contributed by atoms with van der Waals surface area (Å²) in [6.07, 6.45) is 6.91. The maximum atomic E-state index is 6.03. The molecule has 1 fully saturated rings. The van der Waals surface area contributed by atoms with E-state index in [0.29, 0.717) is 12.1 Å². The van der Waals surface area contributed by atoms with Crippen molar-refractivity contribution in [2.24, 2.45) is 5.73 Å². The summed E-state index contributed by atoms with van der Waals surface area (Å²) >= 11 is 1.79. The maximum absolute atomic E-state index is 6.03. The van der Waals surface area contributed by atoms with Crippen LogP contribution in [-0.2, 0) is 6.42 Å². The van der Waals surface area contributed by atoms with Crippen LogP contribution in [-0.4, -0.2) is 24.9 Å². The van der Waals surface area contributed by atoms with Gasteiger partial charge in [-0.15, -0.1) is 11.8 Å². The first-order valence-corrected chi connectivity index (χ1v) is 7.64. The van der Waals surface area contributed by atoms with Crippen molar-refractivity contribution in [3.8, 4) is 0 Å². The van der Waals surface area contributed by atoms with Gasteiger partial charge < -0.3 is 11.1 Å². The van der Waals surface area contributed by atoms with E-state index < -0.39 is 0 Å². The van der Waals surface area contributed by atoms with Crippen LogP contribution < -0.4 is 11.1 Å². The van der Waals surface area contributed by atoms with E-state index in [-0.39, 0.29) is 0 Å². The Hall–Kier alpha value is -0.510. The molecule has 1 aliphatic carbocycles. The smallest absolute Gasteiger partial charge is 0.0219 e. The van der Waals surface area contributed by atoms with E-state index in [1.807, 2.05) is 0 Å². The summed E-state index contributed by atoms with van der Waals surface area (Å²) in [6.45, 7) is 1.04. The molecule has 0 bridgehead atoms. The highest BCUT2D eigenvalue weighted by atomic mass is 32.2. The summed E-state index contributed by atoms with van der Waals surface area (Å²) in [4.78, 5) is 1.33. The van der Waals surface area contributed by atoms with Gasteiger partial charge in [0.15, 0.2) is 0 Å². The molecule has 2 atom stereocenters. The van der Waals surface area contributed by atoms with Crippen molar-refractivity contribution in [1.29, 1.82) is 0 Å². The molecule has 2 nitrogen and oxygen atoms in total. The van der Waals surface area contributed by atoms with Crippen LogP contribution in [0.1, 0.15) is 24.8 Å². The molecule has 1 aliphatic rings. The van der Waals surface area contributed by atoms with Crippen molar-refractivity contribution in [3.63, 3.8) is 0 Å². The number of nitrogens with one attached hydrogen (secondary N) is 1. The number of hydrogen-bond acceptors (Lipinski definition) is 3. The molecule has 0 aromatic heterocycles. The van der Waals surface area contributed by atoms with Gasteiger partial charge in [0, 0.05) is 17.0 Å². The van der Waals surface area contributed by atoms with Gasteiger partial charge in [-0.3, -0.25) is 0 Å². The van der Waals surface area contributed by atoms with E-state index >= 15 is 0 Å². The van der Waals surface area contributed by atoms with E-state index in [9.17, 15) is 0 Å². The van der Waals surface area contributed by atoms with Crippen LogP contribution >= 0.6 is 11.8 Å². The van der Waals surface area contributed by atoms with E-state index in [0.717, 1.165) is 13.0 Å². The fourth-order valence-electron chi connectivity index (χ4n) is 2.44. The van der Waals surface area contributed by atoms with Crippen LogP contribution in [0, 0.1) is 0 Å². The van der Waals surface area contributed by atoms with E-state index in [1.165, 1.54) is 29.7 Å². The van der Waals surface area contributed by atoms with E-state index in [4.69, 9.17) is 5.73 Å². The molecule has 3 N–H and O–H groups in total. The summed E-state index contributed by atoms with van der Waals surface area (Å²) in [5.74, 6) is 0. The lowest BCUT2D eigenvalue weighted by Gasteiger charge is -2.17. The highest BCUT2D eigenvalue weighted by Crippen LogP contribution is 2.17. The topological polar surface area (TPSA) is 38.0 Å². The molecular weight excluding hydrogens is 228 g/mol. The zero-order chi connectivity index (χ0) is 12.1. The molecule has 0 aliphatic heterocycles. The first-order chi connectivity index (χ1) is 8.29. The molecule has 0 radical (unpaired) electrons. The van der Waals surface area contributed by atoms with Crippen LogP contribution in [0.25, 0.3) is 0 Å². The van der Waals surface area contributed by atoms with Crippen molar-refractivity contribution in [3.05, 3.63) is 29.8 Å². The molecule has 1 saturated carbocycles. The van der Waals surface area contributed by atoms with Gasteiger partial charge >= 0.3 is 0 Å². The van der Waals surface area contributed by atoms with Crippen molar-refractivity contribution < 1.29 is 0 Å². The summed E-state index contributed by atoms with van der Waals surface area (Å²) in [5, 5.41) is 3.58. The van der Waals surface area contributed by atoms with Gasteiger partial charge in [0.1, 0.15) is 0 Å². The SMILES string of the molecule is CSc1ccc(CCNC2CCCC2N)cc1. The Kier molecular flexibility index (Phi) is 4.89. The highest BCUT2D eigenvalue weighted by molar-refractivity contribution is 7.98. The largest absolute Gasteiger partial charge is 0.326 e. The molecule has 3 heteroatoms. The molecule has 17 heavy (non-hydrogen) atoms. The standard InChI is InChI=1S/C14H22N2S/c1-17-12-7-5-11(6-8-12)9-10-16-14-4-2-3-13(14)15/h5-8,13-14,16H,2-4,9-10,15H2,1H3. The van der Waals surface area contributed by atoms with E-state index in [2.05, 4.69) is 35.8 Å². The Labute approximate surface area is 108 Å². The second kappa shape index (κ2) is 6.43. The minimum absolute atomic E-state index is 0.369. The molecular formula is C14H22N2S. The third-order valence-corrected chi connectivity index (χ3v) is 4.29. The Morgan fingerprint density at radius 3 is 2.65 bits per heavy atom. The van der Waals surface area contributed by atoms with Crippen LogP contribution in [0.4, 0.5) is 0 Å². The monoisotopic (exact) mass is 250 g/mol. The molecule has 0 heterocycles. The average molecular weight is 250 g/mol. The van der Waals surface area contributed by atoms with E-state index in [1.54, 1.807) is 11.8 Å². The molecule has 2 unspecified atom stereocenters. The molecule has 0 spiro atoms. The zero-order valence-corrected chi connectivity index (χ0v) is 11.3. The van der Waals surface area contributed by atoms with Crippen molar-refractivity contribution >= 4 is 11.8 Å².